The number of nitrogens with zero attached hydrogens (tertiary/aromatic N) is 2. The Morgan fingerprint density at radius 1 is 1.33 bits per heavy atom. The maximum absolute atomic E-state index is 6.08. The molecule has 0 fully saturated rings. The topological polar surface area (TPSA) is 49.3 Å². The predicted octanol–water partition coefficient (Wildman–Crippen LogP) is 4.04. The van der Waals surface area contributed by atoms with Gasteiger partial charge in [0.2, 0.25) is 0 Å². The van der Waals surface area contributed by atoms with Gasteiger partial charge in [0.25, 0.3) is 0 Å². The maximum atomic E-state index is 6.08. The highest BCUT2D eigenvalue weighted by Crippen LogP contribution is 2.22. The number of halogens is 1. The Bertz CT molecular complexity index is 694. The van der Waals surface area contributed by atoms with Crippen molar-refractivity contribution in [2.24, 2.45) is 10.4 Å². The average Bonchev–Trinajstić information content (AvgIpc) is 2.92. The van der Waals surface area contributed by atoms with Crippen LogP contribution in [0.15, 0.2) is 35.5 Å². The van der Waals surface area contributed by atoms with Crippen molar-refractivity contribution in [3.8, 4) is 0 Å². The number of benzene rings is 1. The zero-order valence-corrected chi connectivity index (χ0v) is 16.3. The van der Waals surface area contributed by atoms with Gasteiger partial charge in [-0.05, 0) is 36.5 Å². The third-order valence-electron chi connectivity index (χ3n) is 3.61. The molecule has 130 valence electrons. The average molecular weight is 365 g/mol. The van der Waals surface area contributed by atoms with E-state index >= 15 is 0 Å². The molecule has 2 rings (SSSR count). The van der Waals surface area contributed by atoms with Crippen LogP contribution in [-0.4, -0.2) is 24.5 Å². The Balaban J connectivity index is 1.84. The summed E-state index contributed by atoms with van der Waals surface area (Å²) in [6, 6.07) is 8.05. The molecule has 0 bridgehead atoms. The molecule has 1 heterocycles. The highest BCUT2D eigenvalue weighted by Gasteiger charge is 2.19. The van der Waals surface area contributed by atoms with Crippen molar-refractivity contribution in [1.82, 2.24) is 15.6 Å². The molecule has 0 saturated heterocycles. The van der Waals surface area contributed by atoms with Crippen LogP contribution in [0.4, 0.5) is 0 Å². The molecule has 0 saturated carbocycles. The molecule has 0 unspecified atom stereocenters. The molecule has 6 heteroatoms. The molecule has 0 aliphatic rings. The summed E-state index contributed by atoms with van der Waals surface area (Å²) in [4.78, 5) is 9.86. The van der Waals surface area contributed by atoms with Crippen molar-refractivity contribution in [2.45, 2.75) is 33.7 Å². The van der Waals surface area contributed by atoms with Gasteiger partial charge in [-0.3, -0.25) is 4.99 Å². The van der Waals surface area contributed by atoms with Crippen LogP contribution in [0.2, 0.25) is 5.02 Å². The first-order valence-electron chi connectivity index (χ1n) is 7.98. The number of rotatable bonds is 6. The number of hydrogen-bond donors (Lipinski definition) is 2. The number of aryl methyl sites for hydroxylation is 1. The fraction of sp³-hybridized carbons (Fsp3) is 0.444. The molecule has 0 amide bonds. The van der Waals surface area contributed by atoms with Crippen molar-refractivity contribution >= 4 is 28.9 Å². The number of aromatic nitrogens is 1. The smallest absolute Gasteiger partial charge is 0.191 e. The molecule has 1 aromatic heterocycles. The first-order chi connectivity index (χ1) is 11.4. The molecule has 1 aromatic carbocycles. The van der Waals surface area contributed by atoms with Crippen molar-refractivity contribution < 1.29 is 0 Å². The van der Waals surface area contributed by atoms with E-state index in [4.69, 9.17) is 11.6 Å². The van der Waals surface area contributed by atoms with E-state index in [0.29, 0.717) is 6.54 Å². The maximum Gasteiger partial charge on any atom is 0.191 e. The van der Waals surface area contributed by atoms with Crippen LogP contribution < -0.4 is 10.6 Å². The summed E-state index contributed by atoms with van der Waals surface area (Å²) < 4.78 is 0. The van der Waals surface area contributed by atoms with Gasteiger partial charge in [-0.15, -0.1) is 11.3 Å². The minimum absolute atomic E-state index is 0.0834. The lowest BCUT2D eigenvalue weighted by Crippen LogP contribution is -2.42. The second-order valence-corrected chi connectivity index (χ2v) is 8.37. The van der Waals surface area contributed by atoms with Gasteiger partial charge in [-0.25, -0.2) is 4.98 Å². The van der Waals surface area contributed by atoms with Gasteiger partial charge in [0.1, 0.15) is 5.01 Å². The van der Waals surface area contributed by atoms with Crippen LogP contribution in [0.5, 0.6) is 0 Å². The summed E-state index contributed by atoms with van der Waals surface area (Å²) in [5.41, 5.74) is 1.33. The second kappa shape index (κ2) is 8.49. The van der Waals surface area contributed by atoms with E-state index in [1.807, 2.05) is 24.4 Å². The van der Waals surface area contributed by atoms with E-state index in [-0.39, 0.29) is 5.41 Å². The van der Waals surface area contributed by atoms with E-state index in [1.54, 1.807) is 18.4 Å². The van der Waals surface area contributed by atoms with Crippen molar-refractivity contribution in [2.75, 3.05) is 13.6 Å². The third kappa shape index (κ3) is 6.13. The predicted molar refractivity (Wildman–Crippen MR) is 104 cm³/mol. The van der Waals surface area contributed by atoms with Crippen LogP contribution in [0.3, 0.4) is 0 Å². The Morgan fingerprint density at radius 2 is 2.12 bits per heavy atom. The van der Waals surface area contributed by atoms with Crippen LogP contribution in [0.25, 0.3) is 0 Å². The fourth-order valence-corrected chi connectivity index (χ4v) is 3.39. The standard InChI is InChI=1S/C18H25ClN4S/c1-13-10-21-16(24-13)11-22-17(20-4)23-12-18(2,3)9-14-6-5-7-15(19)8-14/h5-8,10H,9,11-12H2,1-4H3,(H2,20,22,23). The van der Waals surface area contributed by atoms with Crippen LogP contribution >= 0.6 is 22.9 Å². The second-order valence-electron chi connectivity index (χ2n) is 6.61. The van der Waals surface area contributed by atoms with E-state index in [2.05, 4.69) is 47.4 Å². The number of thiazole rings is 1. The quantitative estimate of drug-likeness (QED) is 0.600. The molecule has 0 atom stereocenters. The lowest BCUT2D eigenvalue weighted by Gasteiger charge is -2.26. The number of aliphatic imine (C=N–C) groups is 1. The number of nitrogens with one attached hydrogen (secondary N) is 2. The Hall–Kier alpha value is -1.59. The van der Waals surface area contributed by atoms with Crippen molar-refractivity contribution in [3.63, 3.8) is 0 Å². The summed E-state index contributed by atoms with van der Waals surface area (Å²) >= 11 is 7.77. The van der Waals surface area contributed by atoms with E-state index in [9.17, 15) is 0 Å². The molecule has 0 radical (unpaired) electrons. The van der Waals surface area contributed by atoms with Crippen LogP contribution in [0.1, 0.15) is 29.3 Å². The normalized spacial score (nSPS) is 12.3. The van der Waals surface area contributed by atoms with Gasteiger partial charge in [-0.2, -0.15) is 0 Å². The van der Waals surface area contributed by atoms with Crippen molar-refractivity contribution in [3.05, 3.63) is 50.9 Å². The first-order valence-corrected chi connectivity index (χ1v) is 9.18. The fourth-order valence-electron chi connectivity index (χ4n) is 2.45. The SMILES string of the molecule is CN=C(NCc1ncc(C)s1)NCC(C)(C)Cc1cccc(Cl)c1. The molecule has 0 spiro atoms. The lowest BCUT2D eigenvalue weighted by molar-refractivity contribution is 0.359. The van der Waals surface area contributed by atoms with E-state index < -0.39 is 0 Å². The molecule has 2 aromatic rings. The van der Waals surface area contributed by atoms with Gasteiger partial charge in [0.05, 0.1) is 6.54 Å². The minimum atomic E-state index is 0.0834. The molecule has 0 aliphatic heterocycles. The molecule has 4 nitrogen and oxygen atoms in total. The number of hydrogen-bond acceptors (Lipinski definition) is 3. The van der Waals surface area contributed by atoms with Gasteiger partial charge in [0, 0.05) is 29.7 Å². The number of guanidine groups is 1. The summed E-state index contributed by atoms with van der Waals surface area (Å²) in [6.07, 6.45) is 2.84. The van der Waals surface area contributed by atoms with Gasteiger partial charge in [0.15, 0.2) is 5.96 Å². The molecule has 0 aliphatic carbocycles. The minimum Gasteiger partial charge on any atom is -0.356 e. The zero-order valence-electron chi connectivity index (χ0n) is 14.7. The Labute approximate surface area is 153 Å². The largest absolute Gasteiger partial charge is 0.356 e. The molecule has 24 heavy (non-hydrogen) atoms. The highest BCUT2D eigenvalue weighted by molar-refractivity contribution is 7.11. The van der Waals surface area contributed by atoms with Gasteiger partial charge < -0.3 is 10.6 Å². The Morgan fingerprint density at radius 3 is 2.75 bits per heavy atom. The molecular weight excluding hydrogens is 340 g/mol. The summed E-state index contributed by atoms with van der Waals surface area (Å²) in [7, 11) is 1.78. The highest BCUT2D eigenvalue weighted by atomic mass is 35.5. The third-order valence-corrected chi connectivity index (χ3v) is 4.75. The van der Waals surface area contributed by atoms with Crippen LogP contribution in [-0.2, 0) is 13.0 Å². The summed E-state index contributed by atoms with van der Waals surface area (Å²) in [5.74, 6) is 0.794. The monoisotopic (exact) mass is 364 g/mol. The van der Waals surface area contributed by atoms with E-state index in [0.717, 1.165) is 29.0 Å². The molecular formula is C18H25ClN4S. The van der Waals surface area contributed by atoms with Gasteiger partial charge in [-0.1, -0.05) is 37.6 Å². The van der Waals surface area contributed by atoms with Gasteiger partial charge >= 0.3 is 0 Å². The summed E-state index contributed by atoms with van der Waals surface area (Å²) in [5, 5.41) is 8.56. The Kier molecular flexibility index (Phi) is 6.63. The summed E-state index contributed by atoms with van der Waals surface area (Å²) in [6.45, 7) is 8.03. The van der Waals surface area contributed by atoms with Crippen molar-refractivity contribution in [1.29, 1.82) is 0 Å². The van der Waals surface area contributed by atoms with Crippen LogP contribution in [0, 0.1) is 12.3 Å². The van der Waals surface area contributed by atoms with E-state index in [1.165, 1.54) is 10.4 Å². The first kappa shape index (κ1) is 18.7. The zero-order chi connectivity index (χ0) is 17.6. The molecule has 2 N–H and O–H groups in total. The lowest BCUT2D eigenvalue weighted by atomic mass is 9.86.